The number of piperazine rings is 1. The van der Waals surface area contributed by atoms with Crippen molar-refractivity contribution >= 4 is 23.3 Å². The average Bonchev–Trinajstić information content (AvgIpc) is 2.59. The van der Waals surface area contributed by atoms with Crippen molar-refractivity contribution in [3.8, 4) is 0 Å². The lowest BCUT2D eigenvalue weighted by Crippen LogP contribution is -2.49. The number of carbonyl (C=O) groups is 1. The summed E-state index contributed by atoms with van der Waals surface area (Å²) >= 11 is 5.86. The molecule has 0 aliphatic carbocycles. The number of amides is 2. The number of aryl methyl sites for hydroxylation is 1. The molecular weight excluding hydrogens is 322 g/mol. The summed E-state index contributed by atoms with van der Waals surface area (Å²) in [5.74, 6) is 0. The summed E-state index contributed by atoms with van der Waals surface area (Å²) in [5, 5.41) is 3.58. The van der Waals surface area contributed by atoms with E-state index in [2.05, 4.69) is 41.4 Å². The van der Waals surface area contributed by atoms with Crippen molar-refractivity contribution in [1.29, 1.82) is 0 Å². The van der Waals surface area contributed by atoms with Crippen molar-refractivity contribution in [3.63, 3.8) is 0 Å². The van der Waals surface area contributed by atoms with E-state index >= 15 is 0 Å². The number of hydrogen-bond acceptors (Lipinski definition) is 2. The third-order valence-corrected chi connectivity index (χ3v) is 4.53. The molecule has 2 amide bonds. The highest BCUT2D eigenvalue weighted by Crippen LogP contribution is 2.15. The van der Waals surface area contributed by atoms with Crippen molar-refractivity contribution in [2.75, 3.05) is 31.5 Å². The van der Waals surface area contributed by atoms with E-state index in [1.165, 1.54) is 11.1 Å². The molecule has 5 heteroatoms. The molecule has 1 aliphatic heterocycles. The number of anilines is 1. The van der Waals surface area contributed by atoms with Gasteiger partial charge in [-0.15, -0.1) is 0 Å². The first-order chi connectivity index (χ1) is 11.6. The number of rotatable bonds is 3. The van der Waals surface area contributed by atoms with Gasteiger partial charge >= 0.3 is 6.03 Å². The monoisotopic (exact) mass is 343 g/mol. The van der Waals surface area contributed by atoms with Crippen molar-refractivity contribution < 1.29 is 4.79 Å². The third-order valence-electron chi connectivity index (χ3n) is 4.28. The fourth-order valence-corrected chi connectivity index (χ4v) is 2.92. The smallest absolute Gasteiger partial charge is 0.321 e. The average molecular weight is 344 g/mol. The number of benzene rings is 2. The van der Waals surface area contributed by atoms with Gasteiger partial charge in [-0.2, -0.15) is 0 Å². The highest BCUT2D eigenvalue weighted by atomic mass is 35.5. The Kier molecular flexibility index (Phi) is 5.38. The molecule has 1 fully saturated rings. The maximum atomic E-state index is 12.3. The molecule has 24 heavy (non-hydrogen) atoms. The van der Waals surface area contributed by atoms with Crippen LogP contribution in [0.15, 0.2) is 48.5 Å². The lowest BCUT2D eigenvalue weighted by atomic mass is 10.1. The third kappa shape index (κ3) is 4.49. The van der Waals surface area contributed by atoms with Gasteiger partial charge in [-0.3, -0.25) is 4.90 Å². The van der Waals surface area contributed by atoms with Crippen molar-refractivity contribution in [3.05, 3.63) is 64.7 Å². The van der Waals surface area contributed by atoms with Gasteiger partial charge in [0, 0.05) is 43.4 Å². The molecule has 3 rings (SSSR count). The van der Waals surface area contributed by atoms with E-state index in [9.17, 15) is 4.79 Å². The van der Waals surface area contributed by atoms with E-state index in [-0.39, 0.29) is 6.03 Å². The molecule has 2 aromatic carbocycles. The second kappa shape index (κ2) is 7.69. The van der Waals surface area contributed by atoms with Gasteiger partial charge in [-0.1, -0.05) is 41.4 Å². The molecule has 0 bridgehead atoms. The zero-order valence-electron chi connectivity index (χ0n) is 13.8. The van der Waals surface area contributed by atoms with E-state index < -0.39 is 0 Å². The molecule has 0 saturated carbocycles. The highest BCUT2D eigenvalue weighted by molar-refractivity contribution is 6.30. The number of nitrogens with one attached hydrogen (secondary N) is 1. The Bertz CT molecular complexity index is 677. The van der Waals surface area contributed by atoms with E-state index in [1.54, 1.807) is 12.1 Å². The topological polar surface area (TPSA) is 35.6 Å². The van der Waals surface area contributed by atoms with Gasteiger partial charge in [0.15, 0.2) is 0 Å². The minimum absolute atomic E-state index is 0.0488. The van der Waals surface area contributed by atoms with Crippen LogP contribution in [0, 0.1) is 6.92 Å². The van der Waals surface area contributed by atoms with Gasteiger partial charge in [0.05, 0.1) is 0 Å². The Morgan fingerprint density at radius 3 is 2.25 bits per heavy atom. The lowest BCUT2D eigenvalue weighted by Gasteiger charge is -2.34. The number of urea groups is 1. The summed E-state index contributed by atoms with van der Waals surface area (Å²) in [6.07, 6.45) is 0. The summed E-state index contributed by atoms with van der Waals surface area (Å²) in [6.45, 7) is 6.30. The molecule has 1 heterocycles. The zero-order valence-corrected chi connectivity index (χ0v) is 14.6. The highest BCUT2D eigenvalue weighted by Gasteiger charge is 2.21. The van der Waals surface area contributed by atoms with Crippen LogP contribution in [0.1, 0.15) is 11.1 Å². The van der Waals surface area contributed by atoms with Crippen LogP contribution in [0.4, 0.5) is 10.5 Å². The second-order valence-corrected chi connectivity index (χ2v) is 6.62. The Balaban J connectivity index is 1.48. The number of carbonyl (C=O) groups excluding carboxylic acids is 1. The molecule has 0 radical (unpaired) electrons. The van der Waals surface area contributed by atoms with Crippen LogP contribution in [0.3, 0.4) is 0 Å². The summed E-state index contributed by atoms with van der Waals surface area (Å²) in [6, 6.07) is 15.8. The van der Waals surface area contributed by atoms with Gasteiger partial charge in [-0.05, 0) is 36.8 Å². The summed E-state index contributed by atoms with van der Waals surface area (Å²) in [4.78, 5) is 16.6. The predicted octanol–water partition coefficient (Wildman–Crippen LogP) is 4.00. The maximum Gasteiger partial charge on any atom is 0.321 e. The summed E-state index contributed by atoms with van der Waals surface area (Å²) in [5.41, 5.74) is 3.37. The molecule has 4 nitrogen and oxygen atoms in total. The van der Waals surface area contributed by atoms with Crippen LogP contribution in [-0.4, -0.2) is 42.0 Å². The first-order valence-corrected chi connectivity index (χ1v) is 8.57. The molecule has 0 aromatic heterocycles. The predicted molar refractivity (Wildman–Crippen MR) is 98.5 cm³/mol. The fourth-order valence-electron chi connectivity index (χ4n) is 2.80. The molecule has 0 unspecified atom stereocenters. The maximum absolute atomic E-state index is 12.3. The molecule has 1 saturated heterocycles. The first kappa shape index (κ1) is 16.8. The van der Waals surface area contributed by atoms with Crippen LogP contribution in [0.2, 0.25) is 5.02 Å². The van der Waals surface area contributed by atoms with Crippen LogP contribution in [0.5, 0.6) is 0 Å². The minimum Gasteiger partial charge on any atom is -0.322 e. The van der Waals surface area contributed by atoms with E-state index in [4.69, 9.17) is 11.6 Å². The van der Waals surface area contributed by atoms with Crippen LogP contribution >= 0.6 is 11.6 Å². The molecule has 0 spiro atoms. The summed E-state index contributed by atoms with van der Waals surface area (Å²) < 4.78 is 0. The van der Waals surface area contributed by atoms with Gasteiger partial charge in [0.25, 0.3) is 0 Å². The number of hydrogen-bond donors (Lipinski definition) is 1. The van der Waals surface area contributed by atoms with E-state index in [0.717, 1.165) is 38.4 Å². The van der Waals surface area contributed by atoms with Crippen molar-refractivity contribution in [2.24, 2.45) is 0 Å². The normalized spacial score (nSPS) is 15.3. The van der Waals surface area contributed by atoms with Gasteiger partial charge < -0.3 is 10.2 Å². The lowest BCUT2D eigenvalue weighted by molar-refractivity contribution is 0.143. The zero-order chi connectivity index (χ0) is 16.9. The number of nitrogens with zero attached hydrogens (tertiary/aromatic N) is 2. The van der Waals surface area contributed by atoms with Crippen molar-refractivity contribution in [2.45, 2.75) is 13.5 Å². The van der Waals surface area contributed by atoms with Gasteiger partial charge in [0.2, 0.25) is 0 Å². The van der Waals surface area contributed by atoms with Crippen LogP contribution in [-0.2, 0) is 6.54 Å². The Hall–Kier alpha value is -2.04. The van der Waals surface area contributed by atoms with Crippen LogP contribution in [0.25, 0.3) is 0 Å². The standard InChI is InChI=1S/C19H22ClN3O/c1-15-2-4-16(5-3-15)14-22-10-12-23(13-11-22)19(24)21-18-8-6-17(20)7-9-18/h2-9H,10-14H2,1H3,(H,21,24). The number of halogens is 1. The second-order valence-electron chi connectivity index (χ2n) is 6.19. The Labute approximate surface area is 148 Å². The summed E-state index contributed by atoms with van der Waals surface area (Å²) in [7, 11) is 0. The quantitative estimate of drug-likeness (QED) is 0.914. The van der Waals surface area contributed by atoms with E-state index in [0.29, 0.717) is 5.02 Å². The molecule has 2 aromatic rings. The Morgan fingerprint density at radius 2 is 1.62 bits per heavy atom. The SMILES string of the molecule is Cc1ccc(CN2CCN(C(=O)Nc3ccc(Cl)cc3)CC2)cc1. The van der Waals surface area contributed by atoms with E-state index in [1.807, 2.05) is 17.0 Å². The first-order valence-electron chi connectivity index (χ1n) is 8.19. The molecule has 1 N–H and O–H groups in total. The molecule has 0 atom stereocenters. The molecule has 126 valence electrons. The minimum atomic E-state index is -0.0488. The largest absolute Gasteiger partial charge is 0.322 e. The van der Waals surface area contributed by atoms with Gasteiger partial charge in [0.1, 0.15) is 0 Å². The fraction of sp³-hybridized carbons (Fsp3) is 0.316. The van der Waals surface area contributed by atoms with Crippen LogP contribution < -0.4 is 5.32 Å². The Morgan fingerprint density at radius 1 is 1.00 bits per heavy atom. The molecule has 1 aliphatic rings. The van der Waals surface area contributed by atoms with Gasteiger partial charge in [-0.25, -0.2) is 4.79 Å². The van der Waals surface area contributed by atoms with Crippen molar-refractivity contribution in [1.82, 2.24) is 9.80 Å². The molecular formula is C19H22ClN3O.